The molecule has 0 unspecified atom stereocenters. The SMILES string of the molecule is C=C/C(NC(=O)c1ccnc(N2CCc3cc(CC)c(CC)cc3CC2)n1)=C(\C=C/C)N1CCNCC1. The first-order chi connectivity index (χ1) is 18.1. The number of rotatable bonds is 8. The first kappa shape index (κ1) is 26.6. The standard InChI is InChI=1S/C30H40N6O/c1-5-9-28(35-18-14-31-15-19-35)26(8-4)33-29(37)27-10-13-32-30(34-27)36-16-11-24-20-22(6-2)23(7-3)21-25(24)12-17-36/h5,8-10,13,20-21,31H,4,6-7,11-12,14-19H2,1-3H3,(H,33,37)/b9-5-,28-26-. The molecule has 0 radical (unpaired) electrons. The van der Waals surface area contributed by atoms with Gasteiger partial charge in [0.25, 0.3) is 5.91 Å². The van der Waals surface area contributed by atoms with Crippen molar-refractivity contribution in [2.45, 2.75) is 46.5 Å². The summed E-state index contributed by atoms with van der Waals surface area (Å²) in [5.74, 6) is 0.348. The Morgan fingerprint density at radius 2 is 1.73 bits per heavy atom. The molecule has 4 rings (SSSR count). The van der Waals surface area contributed by atoms with E-state index in [9.17, 15) is 4.79 Å². The molecule has 2 aliphatic heterocycles. The van der Waals surface area contributed by atoms with Gasteiger partial charge in [-0.15, -0.1) is 0 Å². The highest BCUT2D eigenvalue weighted by molar-refractivity contribution is 5.94. The minimum atomic E-state index is -0.256. The van der Waals surface area contributed by atoms with E-state index in [1.165, 1.54) is 22.3 Å². The second-order valence-electron chi connectivity index (χ2n) is 9.52. The summed E-state index contributed by atoms with van der Waals surface area (Å²) in [5.41, 5.74) is 7.76. The Balaban J connectivity index is 1.52. The molecule has 3 heterocycles. The minimum Gasteiger partial charge on any atom is -0.367 e. The van der Waals surface area contributed by atoms with Gasteiger partial charge in [-0.3, -0.25) is 4.79 Å². The summed E-state index contributed by atoms with van der Waals surface area (Å²) in [6.45, 7) is 15.6. The molecule has 196 valence electrons. The Morgan fingerprint density at radius 3 is 2.30 bits per heavy atom. The van der Waals surface area contributed by atoms with Crippen LogP contribution in [-0.4, -0.2) is 60.0 Å². The van der Waals surface area contributed by atoms with Gasteiger partial charge in [-0.05, 0) is 73.1 Å². The predicted octanol–water partition coefficient (Wildman–Crippen LogP) is 3.82. The summed E-state index contributed by atoms with van der Waals surface area (Å²) in [6.07, 6.45) is 11.4. The lowest BCUT2D eigenvalue weighted by atomic mass is 9.93. The molecule has 7 nitrogen and oxygen atoms in total. The number of anilines is 1. The summed E-state index contributed by atoms with van der Waals surface area (Å²) in [4.78, 5) is 26.9. The van der Waals surface area contributed by atoms with Crippen molar-refractivity contribution in [1.29, 1.82) is 0 Å². The monoisotopic (exact) mass is 500 g/mol. The number of carbonyl (C=O) groups is 1. The van der Waals surface area contributed by atoms with E-state index in [2.05, 4.69) is 63.0 Å². The van der Waals surface area contributed by atoms with E-state index in [-0.39, 0.29) is 5.91 Å². The van der Waals surface area contributed by atoms with Crippen LogP contribution in [-0.2, 0) is 25.7 Å². The third kappa shape index (κ3) is 6.28. The van der Waals surface area contributed by atoms with Gasteiger partial charge in [0.15, 0.2) is 0 Å². The largest absolute Gasteiger partial charge is 0.367 e. The highest BCUT2D eigenvalue weighted by Crippen LogP contribution is 2.24. The van der Waals surface area contributed by atoms with E-state index in [0.717, 1.165) is 70.6 Å². The van der Waals surface area contributed by atoms with Gasteiger partial charge in [0, 0.05) is 45.5 Å². The maximum Gasteiger partial charge on any atom is 0.274 e. The second-order valence-corrected chi connectivity index (χ2v) is 9.52. The molecule has 0 bridgehead atoms. The number of nitrogens with zero attached hydrogens (tertiary/aromatic N) is 4. The molecule has 0 atom stereocenters. The number of fused-ring (bicyclic) bond motifs is 1. The summed E-state index contributed by atoms with van der Waals surface area (Å²) < 4.78 is 0. The van der Waals surface area contributed by atoms with Crippen LogP contribution >= 0.6 is 0 Å². The van der Waals surface area contributed by atoms with Crippen LogP contribution in [0.1, 0.15) is 53.5 Å². The summed E-state index contributed by atoms with van der Waals surface area (Å²) in [6, 6.07) is 6.46. The van der Waals surface area contributed by atoms with Crippen LogP contribution in [0.25, 0.3) is 0 Å². The van der Waals surface area contributed by atoms with E-state index in [1.807, 2.05) is 19.1 Å². The smallest absolute Gasteiger partial charge is 0.274 e. The fraction of sp³-hybridized carbons (Fsp3) is 0.433. The number of piperazine rings is 1. The van der Waals surface area contributed by atoms with Crippen molar-refractivity contribution in [2.75, 3.05) is 44.2 Å². The van der Waals surface area contributed by atoms with Crippen molar-refractivity contribution in [3.63, 3.8) is 0 Å². The molecule has 7 heteroatoms. The van der Waals surface area contributed by atoms with Crippen LogP contribution in [0.5, 0.6) is 0 Å². The highest BCUT2D eigenvalue weighted by atomic mass is 16.1. The average molecular weight is 501 g/mol. The average Bonchev–Trinajstić information content (AvgIpc) is 3.16. The molecule has 2 aromatic rings. The lowest BCUT2D eigenvalue weighted by molar-refractivity contribution is 0.0960. The number of allylic oxidation sites excluding steroid dienone is 3. The highest BCUT2D eigenvalue weighted by Gasteiger charge is 2.20. The molecule has 2 aliphatic rings. The van der Waals surface area contributed by atoms with Crippen molar-refractivity contribution >= 4 is 11.9 Å². The third-order valence-corrected chi connectivity index (χ3v) is 7.25. The fourth-order valence-corrected chi connectivity index (χ4v) is 5.20. The van der Waals surface area contributed by atoms with Gasteiger partial charge in [-0.1, -0.05) is 38.6 Å². The van der Waals surface area contributed by atoms with E-state index in [1.54, 1.807) is 18.3 Å². The number of aromatic nitrogens is 2. The fourth-order valence-electron chi connectivity index (χ4n) is 5.20. The van der Waals surface area contributed by atoms with Crippen molar-refractivity contribution in [3.8, 4) is 0 Å². The van der Waals surface area contributed by atoms with Gasteiger partial charge >= 0.3 is 0 Å². The van der Waals surface area contributed by atoms with Gasteiger partial charge in [0.2, 0.25) is 5.95 Å². The Bertz CT molecular complexity index is 1140. The topological polar surface area (TPSA) is 73.4 Å². The summed E-state index contributed by atoms with van der Waals surface area (Å²) in [7, 11) is 0. The van der Waals surface area contributed by atoms with Crippen LogP contribution in [0.2, 0.25) is 0 Å². The Labute approximate surface area is 221 Å². The van der Waals surface area contributed by atoms with E-state index < -0.39 is 0 Å². The number of benzene rings is 1. The molecule has 2 N–H and O–H groups in total. The van der Waals surface area contributed by atoms with Gasteiger partial charge in [-0.25, -0.2) is 9.97 Å². The Hall–Kier alpha value is -3.45. The van der Waals surface area contributed by atoms with E-state index in [4.69, 9.17) is 0 Å². The van der Waals surface area contributed by atoms with Crippen molar-refractivity contribution in [3.05, 3.63) is 88.5 Å². The minimum absolute atomic E-state index is 0.256. The normalized spacial score (nSPS) is 16.7. The summed E-state index contributed by atoms with van der Waals surface area (Å²) in [5, 5.41) is 6.42. The van der Waals surface area contributed by atoms with Crippen LogP contribution in [0, 0.1) is 0 Å². The van der Waals surface area contributed by atoms with Crippen molar-refractivity contribution < 1.29 is 4.79 Å². The second kappa shape index (κ2) is 12.7. The third-order valence-electron chi connectivity index (χ3n) is 7.25. The number of nitrogens with one attached hydrogen (secondary N) is 2. The summed E-state index contributed by atoms with van der Waals surface area (Å²) >= 11 is 0. The zero-order chi connectivity index (χ0) is 26.2. The van der Waals surface area contributed by atoms with Gasteiger partial charge in [0.1, 0.15) is 5.69 Å². The Morgan fingerprint density at radius 1 is 1.08 bits per heavy atom. The zero-order valence-corrected chi connectivity index (χ0v) is 22.5. The van der Waals surface area contributed by atoms with E-state index >= 15 is 0 Å². The van der Waals surface area contributed by atoms with Crippen molar-refractivity contribution in [2.24, 2.45) is 0 Å². The number of carbonyl (C=O) groups excluding carboxylic acids is 1. The molecule has 1 aromatic heterocycles. The molecule has 1 amide bonds. The lowest BCUT2D eigenvalue weighted by Crippen LogP contribution is -2.43. The molecule has 0 spiro atoms. The Kier molecular flexibility index (Phi) is 9.12. The predicted molar refractivity (Wildman–Crippen MR) is 151 cm³/mol. The van der Waals surface area contributed by atoms with Crippen LogP contribution in [0.3, 0.4) is 0 Å². The first-order valence-electron chi connectivity index (χ1n) is 13.6. The van der Waals surface area contributed by atoms with Gasteiger partial charge in [0.05, 0.1) is 11.4 Å². The molecule has 1 fully saturated rings. The van der Waals surface area contributed by atoms with Gasteiger partial charge in [-0.2, -0.15) is 0 Å². The molecule has 1 aromatic carbocycles. The van der Waals surface area contributed by atoms with Crippen LogP contribution < -0.4 is 15.5 Å². The lowest BCUT2D eigenvalue weighted by Gasteiger charge is -2.31. The van der Waals surface area contributed by atoms with Crippen molar-refractivity contribution in [1.82, 2.24) is 25.5 Å². The van der Waals surface area contributed by atoms with Crippen LogP contribution in [0.4, 0.5) is 5.95 Å². The maximum atomic E-state index is 13.3. The van der Waals surface area contributed by atoms with E-state index in [0.29, 0.717) is 17.3 Å². The maximum absolute atomic E-state index is 13.3. The quantitative estimate of drug-likeness (QED) is 0.537. The first-order valence-corrected chi connectivity index (χ1v) is 13.6. The number of hydrogen-bond donors (Lipinski definition) is 2. The molecule has 0 aliphatic carbocycles. The van der Waals surface area contributed by atoms with Crippen LogP contribution in [0.15, 0.2) is 60.6 Å². The van der Waals surface area contributed by atoms with Gasteiger partial charge < -0.3 is 20.4 Å². The molecule has 37 heavy (non-hydrogen) atoms. The number of hydrogen-bond acceptors (Lipinski definition) is 6. The molecule has 0 saturated carbocycles. The molecular weight excluding hydrogens is 460 g/mol. The molecular formula is C30H40N6O. The molecule has 1 saturated heterocycles. The number of aryl methyl sites for hydroxylation is 2. The zero-order valence-electron chi connectivity index (χ0n) is 22.5. The number of amides is 1.